The Balaban J connectivity index is 1.31. The normalized spacial score (nSPS) is 17.5. The van der Waals surface area contributed by atoms with Crippen molar-refractivity contribution >= 4 is 27.4 Å². The van der Waals surface area contributed by atoms with E-state index < -0.39 is 0 Å². The zero-order valence-corrected chi connectivity index (χ0v) is 16.8. The van der Waals surface area contributed by atoms with Crippen LogP contribution in [0, 0.1) is 11.3 Å². The van der Waals surface area contributed by atoms with Crippen molar-refractivity contribution in [2.45, 2.75) is 32.2 Å². The third-order valence-corrected chi connectivity index (χ3v) is 7.24. The van der Waals surface area contributed by atoms with Crippen LogP contribution in [0.15, 0.2) is 30.6 Å². The monoisotopic (exact) mass is 390 g/mol. The molecule has 1 N–H and O–H groups in total. The van der Waals surface area contributed by atoms with Crippen LogP contribution >= 0.6 is 11.3 Å². The SMILES string of the molecule is N#Cc1ccc(C[NH+]2CCN(c3ncnc4sc5c(c34)CCCC5)CC2)cc1. The molecule has 0 saturated carbocycles. The Kier molecular flexibility index (Phi) is 4.71. The molecule has 0 unspecified atom stereocenters. The molecule has 1 fully saturated rings. The number of piperazine rings is 1. The molecule has 28 heavy (non-hydrogen) atoms. The molecular weight excluding hydrogens is 366 g/mol. The highest BCUT2D eigenvalue weighted by molar-refractivity contribution is 7.19. The van der Waals surface area contributed by atoms with Gasteiger partial charge in [-0.3, -0.25) is 0 Å². The first-order chi connectivity index (χ1) is 13.8. The maximum atomic E-state index is 8.95. The highest BCUT2D eigenvalue weighted by Crippen LogP contribution is 2.39. The van der Waals surface area contributed by atoms with Crippen molar-refractivity contribution in [2.24, 2.45) is 0 Å². The minimum absolute atomic E-state index is 0.732. The van der Waals surface area contributed by atoms with Crippen molar-refractivity contribution in [3.05, 3.63) is 52.2 Å². The number of quaternary nitrogens is 1. The average molecular weight is 391 g/mol. The van der Waals surface area contributed by atoms with Crippen LogP contribution in [0.25, 0.3) is 10.2 Å². The lowest BCUT2D eigenvalue weighted by molar-refractivity contribution is -0.914. The smallest absolute Gasteiger partial charge is 0.141 e. The van der Waals surface area contributed by atoms with Gasteiger partial charge in [-0.1, -0.05) is 12.1 Å². The Labute approximate surface area is 169 Å². The summed E-state index contributed by atoms with van der Waals surface area (Å²) < 4.78 is 0. The van der Waals surface area contributed by atoms with E-state index in [0.29, 0.717) is 0 Å². The lowest BCUT2D eigenvalue weighted by Crippen LogP contribution is -3.13. The van der Waals surface area contributed by atoms with Crippen molar-refractivity contribution in [3.8, 4) is 6.07 Å². The molecule has 3 heterocycles. The Morgan fingerprint density at radius 1 is 1.07 bits per heavy atom. The molecule has 1 saturated heterocycles. The summed E-state index contributed by atoms with van der Waals surface area (Å²) in [5, 5.41) is 10.3. The number of hydrogen-bond acceptors (Lipinski definition) is 5. The van der Waals surface area contributed by atoms with Gasteiger partial charge in [-0.05, 0) is 43.4 Å². The second-order valence-electron chi connectivity index (χ2n) is 7.81. The molecule has 0 bridgehead atoms. The Bertz CT molecular complexity index is 1030. The highest BCUT2D eigenvalue weighted by atomic mass is 32.1. The van der Waals surface area contributed by atoms with Gasteiger partial charge in [-0.15, -0.1) is 11.3 Å². The third kappa shape index (κ3) is 3.25. The summed E-state index contributed by atoms with van der Waals surface area (Å²) in [6, 6.07) is 10.2. The fraction of sp³-hybridized carbons (Fsp3) is 0.409. The zero-order valence-electron chi connectivity index (χ0n) is 15.9. The molecule has 0 atom stereocenters. The van der Waals surface area contributed by atoms with Gasteiger partial charge in [0.25, 0.3) is 0 Å². The van der Waals surface area contributed by atoms with Crippen LogP contribution in [0.2, 0.25) is 0 Å². The molecule has 0 spiro atoms. The molecule has 0 radical (unpaired) electrons. The van der Waals surface area contributed by atoms with Crippen LogP contribution in [0.5, 0.6) is 0 Å². The molecule has 5 nitrogen and oxygen atoms in total. The van der Waals surface area contributed by atoms with E-state index in [1.807, 2.05) is 23.5 Å². The molecule has 2 aliphatic rings. The molecule has 0 amide bonds. The summed E-state index contributed by atoms with van der Waals surface area (Å²) in [5.41, 5.74) is 3.56. The Hall–Kier alpha value is -2.49. The van der Waals surface area contributed by atoms with Gasteiger partial charge < -0.3 is 9.80 Å². The van der Waals surface area contributed by atoms with Crippen LogP contribution in [0.4, 0.5) is 5.82 Å². The molecule has 142 valence electrons. The summed E-state index contributed by atoms with van der Waals surface area (Å²) in [4.78, 5) is 16.1. The van der Waals surface area contributed by atoms with Gasteiger partial charge in [0.2, 0.25) is 0 Å². The van der Waals surface area contributed by atoms with E-state index in [1.165, 1.54) is 51.9 Å². The van der Waals surface area contributed by atoms with Gasteiger partial charge in [0.1, 0.15) is 23.5 Å². The van der Waals surface area contributed by atoms with E-state index in [9.17, 15) is 0 Å². The largest absolute Gasteiger partial charge is 0.345 e. The van der Waals surface area contributed by atoms with Gasteiger partial charge in [0.05, 0.1) is 43.2 Å². The van der Waals surface area contributed by atoms with Crippen LogP contribution in [0.3, 0.4) is 0 Å². The Morgan fingerprint density at radius 2 is 1.86 bits per heavy atom. The van der Waals surface area contributed by atoms with Crippen molar-refractivity contribution in [3.63, 3.8) is 0 Å². The molecular formula is C22H24N5S+. The summed E-state index contributed by atoms with van der Waals surface area (Å²) in [5.74, 6) is 1.15. The standard InChI is InChI=1S/C22H23N5S/c23-13-16-5-7-17(8-6-16)14-26-9-11-27(12-10-26)21-20-18-3-1-2-4-19(18)28-22(20)25-15-24-21/h5-8,15H,1-4,9-12,14H2/p+1. The predicted octanol–water partition coefficient (Wildman–Crippen LogP) is 2.35. The van der Waals surface area contributed by atoms with Crippen LogP contribution in [0.1, 0.15) is 34.4 Å². The summed E-state index contributed by atoms with van der Waals surface area (Å²) in [6.45, 7) is 5.30. The number of aromatic nitrogens is 2. The first-order valence-corrected chi connectivity index (χ1v) is 11.0. The minimum atomic E-state index is 0.732. The number of nitrogens with one attached hydrogen (secondary N) is 1. The molecule has 3 aromatic rings. The van der Waals surface area contributed by atoms with Crippen LogP contribution < -0.4 is 9.80 Å². The molecule has 2 aromatic heterocycles. The van der Waals surface area contributed by atoms with E-state index in [4.69, 9.17) is 10.2 Å². The fourth-order valence-electron chi connectivity index (χ4n) is 4.51. The quantitative estimate of drug-likeness (QED) is 0.746. The number of anilines is 1. The van der Waals surface area contributed by atoms with E-state index in [0.717, 1.165) is 44.1 Å². The number of benzene rings is 1. The maximum Gasteiger partial charge on any atom is 0.141 e. The molecule has 1 aliphatic heterocycles. The van der Waals surface area contributed by atoms with E-state index in [-0.39, 0.29) is 0 Å². The van der Waals surface area contributed by atoms with Gasteiger partial charge in [0, 0.05) is 10.4 Å². The topological polar surface area (TPSA) is 57.2 Å². The number of nitriles is 1. The fourth-order valence-corrected chi connectivity index (χ4v) is 5.73. The number of rotatable bonds is 3. The summed E-state index contributed by atoms with van der Waals surface area (Å²) in [7, 11) is 0. The van der Waals surface area contributed by atoms with Gasteiger partial charge in [-0.2, -0.15) is 5.26 Å². The lowest BCUT2D eigenvalue weighted by Gasteiger charge is -2.33. The molecule has 6 heteroatoms. The van der Waals surface area contributed by atoms with E-state index in [2.05, 4.69) is 28.1 Å². The molecule has 1 aromatic carbocycles. The molecule has 1 aliphatic carbocycles. The van der Waals surface area contributed by atoms with Crippen molar-refractivity contribution < 1.29 is 4.90 Å². The number of nitrogens with zero attached hydrogens (tertiary/aromatic N) is 4. The second-order valence-corrected chi connectivity index (χ2v) is 8.89. The van der Waals surface area contributed by atoms with Gasteiger partial charge in [-0.25, -0.2) is 9.97 Å². The molecule has 5 rings (SSSR count). The van der Waals surface area contributed by atoms with Crippen LogP contribution in [-0.2, 0) is 19.4 Å². The maximum absolute atomic E-state index is 8.95. The average Bonchev–Trinajstić information content (AvgIpc) is 3.14. The van der Waals surface area contributed by atoms with Crippen molar-refractivity contribution in [1.82, 2.24) is 9.97 Å². The first-order valence-electron chi connectivity index (χ1n) is 10.1. The Morgan fingerprint density at radius 3 is 2.64 bits per heavy atom. The lowest BCUT2D eigenvalue weighted by atomic mass is 9.97. The van der Waals surface area contributed by atoms with Gasteiger partial charge >= 0.3 is 0 Å². The van der Waals surface area contributed by atoms with E-state index in [1.54, 1.807) is 11.2 Å². The predicted molar refractivity (Wildman–Crippen MR) is 112 cm³/mol. The summed E-state index contributed by atoms with van der Waals surface area (Å²) in [6.07, 6.45) is 6.73. The minimum Gasteiger partial charge on any atom is -0.345 e. The highest BCUT2D eigenvalue weighted by Gasteiger charge is 2.26. The van der Waals surface area contributed by atoms with Gasteiger partial charge in [0.15, 0.2) is 0 Å². The third-order valence-electron chi connectivity index (χ3n) is 6.04. The second kappa shape index (κ2) is 7.50. The number of thiophene rings is 1. The zero-order chi connectivity index (χ0) is 18.9. The number of aryl methyl sites for hydroxylation is 2. The number of fused-ring (bicyclic) bond motifs is 3. The summed E-state index contributed by atoms with van der Waals surface area (Å²) >= 11 is 1.88. The van der Waals surface area contributed by atoms with Crippen molar-refractivity contribution in [1.29, 1.82) is 5.26 Å². The number of hydrogen-bond donors (Lipinski definition) is 1. The van der Waals surface area contributed by atoms with Crippen LogP contribution in [-0.4, -0.2) is 36.1 Å². The van der Waals surface area contributed by atoms with Crippen molar-refractivity contribution in [2.75, 3.05) is 31.1 Å². The van der Waals surface area contributed by atoms with E-state index >= 15 is 0 Å². The first kappa shape index (κ1) is 17.6.